The summed E-state index contributed by atoms with van der Waals surface area (Å²) in [6.07, 6.45) is 1.19. The van der Waals surface area contributed by atoms with E-state index < -0.39 is 18.2 Å². The normalized spacial score (nSPS) is 22.1. The number of aliphatic carboxylic acids is 1. The smallest absolute Gasteiger partial charge is 0.332 e. The van der Waals surface area contributed by atoms with Crippen molar-refractivity contribution in [3.05, 3.63) is 29.2 Å². The van der Waals surface area contributed by atoms with Crippen LogP contribution in [0.25, 0.3) is 11.5 Å². The molecule has 20 heavy (non-hydrogen) atoms. The number of carboxylic acids is 1. The molecule has 2 atom stereocenters. The van der Waals surface area contributed by atoms with E-state index in [1.807, 2.05) is 0 Å². The Labute approximate surface area is 118 Å². The Hall–Kier alpha value is -1.99. The minimum atomic E-state index is -0.986. The summed E-state index contributed by atoms with van der Waals surface area (Å²) in [5.41, 5.74) is 0.414. The highest BCUT2D eigenvalue weighted by Crippen LogP contribution is 2.33. The molecule has 8 heteroatoms. The lowest BCUT2D eigenvalue weighted by Crippen LogP contribution is -2.18. The lowest BCUT2D eigenvalue weighted by atomic mass is 10.2. The number of carboxylic acid groups (broad SMARTS) is 1. The lowest BCUT2D eigenvalue weighted by molar-refractivity contribution is -0.150. The number of carbonyl (C=O) groups is 1. The number of pyridine rings is 1. The molecule has 0 aliphatic carbocycles. The zero-order valence-corrected chi connectivity index (χ0v) is 10.9. The summed E-state index contributed by atoms with van der Waals surface area (Å²) in [6, 6.07) is 3.37. The van der Waals surface area contributed by atoms with Crippen LogP contribution < -0.4 is 0 Å². The first-order chi connectivity index (χ1) is 9.65. The molecule has 1 aliphatic heterocycles. The molecule has 1 fully saturated rings. The number of hydrogen-bond acceptors (Lipinski definition) is 6. The highest BCUT2D eigenvalue weighted by molar-refractivity contribution is 6.32. The molecule has 0 radical (unpaired) electrons. The molecule has 3 rings (SSSR count). The Morgan fingerprint density at radius 2 is 2.30 bits per heavy atom. The van der Waals surface area contributed by atoms with Gasteiger partial charge in [-0.1, -0.05) is 16.8 Å². The van der Waals surface area contributed by atoms with Crippen LogP contribution >= 0.6 is 11.6 Å². The molecular weight excluding hydrogens is 286 g/mol. The van der Waals surface area contributed by atoms with Crippen LogP contribution in [0.1, 0.15) is 24.8 Å². The van der Waals surface area contributed by atoms with Crippen LogP contribution in [0, 0.1) is 0 Å². The van der Waals surface area contributed by atoms with E-state index in [0.29, 0.717) is 23.6 Å². The molecule has 1 aliphatic rings. The maximum atomic E-state index is 10.8. The third-order valence-corrected chi connectivity index (χ3v) is 3.29. The van der Waals surface area contributed by atoms with Gasteiger partial charge in [0.05, 0.1) is 5.02 Å². The van der Waals surface area contributed by atoms with Crippen molar-refractivity contribution in [2.45, 2.75) is 25.0 Å². The molecule has 0 saturated carbocycles. The lowest BCUT2D eigenvalue weighted by Gasteiger charge is -2.05. The molecular formula is C12H10ClN3O4. The Morgan fingerprint density at radius 3 is 3.00 bits per heavy atom. The summed E-state index contributed by atoms with van der Waals surface area (Å²) >= 11 is 6.00. The van der Waals surface area contributed by atoms with Gasteiger partial charge in [0.1, 0.15) is 11.8 Å². The van der Waals surface area contributed by atoms with E-state index in [1.165, 1.54) is 0 Å². The number of halogens is 1. The van der Waals surface area contributed by atoms with Crippen molar-refractivity contribution in [1.82, 2.24) is 15.1 Å². The molecule has 3 heterocycles. The largest absolute Gasteiger partial charge is 0.479 e. The van der Waals surface area contributed by atoms with Crippen LogP contribution in [0.2, 0.25) is 5.02 Å². The predicted octanol–water partition coefficient (Wildman–Crippen LogP) is 2.09. The van der Waals surface area contributed by atoms with Gasteiger partial charge >= 0.3 is 5.97 Å². The number of aromatic nitrogens is 3. The molecule has 2 aromatic rings. The quantitative estimate of drug-likeness (QED) is 0.925. The second kappa shape index (κ2) is 5.18. The zero-order chi connectivity index (χ0) is 14.1. The molecule has 0 aromatic carbocycles. The standard InChI is InChI=1S/C12H10ClN3O4/c13-6-2-1-5-14-9(6)10-15-11(20-16-10)7-3-4-8(19-7)12(17)18/h1-2,5,7-8H,3-4H2,(H,17,18). The van der Waals surface area contributed by atoms with E-state index in [9.17, 15) is 4.79 Å². The van der Waals surface area contributed by atoms with Crippen molar-refractivity contribution in [1.29, 1.82) is 0 Å². The Bertz CT molecular complexity index is 645. The van der Waals surface area contributed by atoms with Gasteiger partial charge in [0.25, 0.3) is 5.89 Å². The molecule has 2 aromatic heterocycles. The van der Waals surface area contributed by atoms with Crippen LogP contribution in [0.5, 0.6) is 0 Å². The van der Waals surface area contributed by atoms with E-state index in [0.717, 1.165) is 0 Å². The third kappa shape index (κ3) is 2.37. The second-order valence-electron chi connectivity index (χ2n) is 4.32. The van der Waals surface area contributed by atoms with E-state index in [-0.39, 0.29) is 11.7 Å². The van der Waals surface area contributed by atoms with Crippen LogP contribution in [0.3, 0.4) is 0 Å². The Kier molecular flexibility index (Phi) is 3.37. The van der Waals surface area contributed by atoms with E-state index >= 15 is 0 Å². The van der Waals surface area contributed by atoms with Gasteiger partial charge in [0, 0.05) is 6.20 Å². The van der Waals surface area contributed by atoms with Crippen molar-refractivity contribution in [2.24, 2.45) is 0 Å². The van der Waals surface area contributed by atoms with Crippen molar-refractivity contribution in [2.75, 3.05) is 0 Å². The van der Waals surface area contributed by atoms with Gasteiger partial charge < -0.3 is 14.4 Å². The number of rotatable bonds is 3. The van der Waals surface area contributed by atoms with Crippen molar-refractivity contribution < 1.29 is 19.2 Å². The van der Waals surface area contributed by atoms with Crippen LogP contribution in [0.15, 0.2) is 22.9 Å². The second-order valence-corrected chi connectivity index (χ2v) is 4.73. The van der Waals surface area contributed by atoms with E-state index in [2.05, 4.69) is 15.1 Å². The van der Waals surface area contributed by atoms with Crippen LogP contribution in [-0.2, 0) is 9.53 Å². The first-order valence-corrected chi connectivity index (χ1v) is 6.35. The molecule has 1 saturated heterocycles. The summed E-state index contributed by atoms with van der Waals surface area (Å²) < 4.78 is 10.4. The summed E-state index contributed by atoms with van der Waals surface area (Å²) in [5, 5.41) is 13.1. The number of hydrogen-bond donors (Lipinski definition) is 1. The summed E-state index contributed by atoms with van der Waals surface area (Å²) in [5.74, 6) is -0.488. The van der Waals surface area contributed by atoms with Crippen molar-refractivity contribution in [3.63, 3.8) is 0 Å². The summed E-state index contributed by atoms with van der Waals surface area (Å²) in [4.78, 5) is 19.1. The van der Waals surface area contributed by atoms with E-state index in [1.54, 1.807) is 18.3 Å². The SMILES string of the molecule is O=C(O)C1CCC(c2nc(-c3ncccc3Cl)no2)O1. The number of ether oxygens (including phenoxy) is 1. The zero-order valence-electron chi connectivity index (χ0n) is 10.2. The minimum absolute atomic E-state index is 0.241. The average Bonchev–Trinajstić information content (AvgIpc) is 3.08. The fraction of sp³-hybridized carbons (Fsp3) is 0.333. The molecule has 7 nitrogen and oxygen atoms in total. The summed E-state index contributed by atoms with van der Waals surface area (Å²) in [7, 11) is 0. The molecule has 104 valence electrons. The molecule has 0 spiro atoms. The Balaban J connectivity index is 1.81. The van der Waals surface area contributed by atoms with Gasteiger partial charge in [0.15, 0.2) is 6.10 Å². The first-order valence-electron chi connectivity index (χ1n) is 5.98. The average molecular weight is 296 g/mol. The van der Waals surface area contributed by atoms with Crippen LogP contribution in [-0.4, -0.2) is 32.3 Å². The fourth-order valence-corrected chi connectivity index (χ4v) is 2.22. The van der Waals surface area contributed by atoms with Crippen molar-refractivity contribution in [3.8, 4) is 11.5 Å². The molecule has 0 amide bonds. The minimum Gasteiger partial charge on any atom is -0.479 e. The van der Waals surface area contributed by atoms with E-state index in [4.69, 9.17) is 26.0 Å². The van der Waals surface area contributed by atoms with Gasteiger partial charge in [-0.05, 0) is 25.0 Å². The topological polar surface area (TPSA) is 98.3 Å². The predicted molar refractivity (Wildman–Crippen MR) is 67.0 cm³/mol. The first kappa shape index (κ1) is 13.0. The molecule has 1 N–H and O–H groups in total. The van der Waals surface area contributed by atoms with Gasteiger partial charge in [-0.25, -0.2) is 4.79 Å². The van der Waals surface area contributed by atoms with Gasteiger partial charge in [-0.2, -0.15) is 4.98 Å². The fourth-order valence-electron chi connectivity index (χ4n) is 2.01. The third-order valence-electron chi connectivity index (χ3n) is 2.98. The monoisotopic (exact) mass is 295 g/mol. The maximum Gasteiger partial charge on any atom is 0.332 e. The Morgan fingerprint density at radius 1 is 1.45 bits per heavy atom. The number of nitrogens with zero attached hydrogens (tertiary/aromatic N) is 3. The van der Waals surface area contributed by atoms with Crippen molar-refractivity contribution >= 4 is 17.6 Å². The highest BCUT2D eigenvalue weighted by Gasteiger charge is 2.34. The molecule has 0 bridgehead atoms. The highest BCUT2D eigenvalue weighted by atomic mass is 35.5. The van der Waals surface area contributed by atoms with Crippen LogP contribution in [0.4, 0.5) is 0 Å². The maximum absolute atomic E-state index is 10.8. The van der Waals surface area contributed by atoms with Gasteiger partial charge in [-0.3, -0.25) is 4.98 Å². The summed E-state index contributed by atoms with van der Waals surface area (Å²) in [6.45, 7) is 0. The van der Waals surface area contributed by atoms with Gasteiger partial charge in [0.2, 0.25) is 5.82 Å². The van der Waals surface area contributed by atoms with Gasteiger partial charge in [-0.15, -0.1) is 0 Å². The molecule has 2 unspecified atom stereocenters.